The maximum atomic E-state index is 13.9. The minimum Gasteiger partial charge on any atom is -0.399 e. The number of nitrogen functional groups attached to an aromatic ring is 1. The van der Waals surface area contributed by atoms with E-state index in [0.717, 1.165) is 5.82 Å². The number of hydrogen-bond acceptors (Lipinski definition) is 5. The largest absolute Gasteiger partial charge is 0.399 e. The van der Waals surface area contributed by atoms with Crippen LogP contribution in [0, 0.1) is 5.82 Å². The molecule has 0 saturated carbocycles. The van der Waals surface area contributed by atoms with E-state index < -0.39 is 0 Å². The Hall–Kier alpha value is -2.02. The van der Waals surface area contributed by atoms with Crippen molar-refractivity contribution in [2.75, 3.05) is 5.73 Å². The number of fused-ring (bicyclic) bond motifs is 1. The first-order valence-corrected chi connectivity index (χ1v) is 6.96. The van der Waals surface area contributed by atoms with E-state index in [1.807, 2.05) is 20.8 Å². The Balaban J connectivity index is 2.19. The Labute approximate surface area is 119 Å². The van der Waals surface area contributed by atoms with Gasteiger partial charge in [-0.05, 0) is 18.2 Å². The number of halogens is 1. The lowest BCUT2D eigenvalue weighted by molar-refractivity contribution is 0.528. The molecular formula is C13H14FN5S. The molecule has 3 rings (SSSR count). The van der Waals surface area contributed by atoms with E-state index in [1.54, 1.807) is 10.6 Å². The van der Waals surface area contributed by atoms with Crippen molar-refractivity contribution >= 4 is 22.0 Å². The van der Waals surface area contributed by atoms with Gasteiger partial charge in [-0.15, -0.1) is 10.2 Å². The van der Waals surface area contributed by atoms with Gasteiger partial charge in [0.1, 0.15) is 5.82 Å². The van der Waals surface area contributed by atoms with Crippen LogP contribution in [0.4, 0.5) is 10.1 Å². The lowest BCUT2D eigenvalue weighted by Gasteiger charge is -2.13. The average Bonchev–Trinajstić information content (AvgIpc) is 2.89. The topological polar surface area (TPSA) is 69.1 Å². The Bertz CT molecular complexity index is 784. The van der Waals surface area contributed by atoms with Crippen LogP contribution in [0.1, 0.15) is 26.6 Å². The van der Waals surface area contributed by atoms with Gasteiger partial charge < -0.3 is 5.73 Å². The molecule has 0 aliphatic rings. The first-order chi connectivity index (χ1) is 9.36. The lowest BCUT2D eigenvalue weighted by atomic mass is 9.96. The highest BCUT2D eigenvalue weighted by Gasteiger charge is 2.24. The van der Waals surface area contributed by atoms with Gasteiger partial charge >= 0.3 is 0 Å². The van der Waals surface area contributed by atoms with E-state index in [1.165, 1.54) is 23.5 Å². The van der Waals surface area contributed by atoms with Crippen LogP contribution in [0.2, 0.25) is 0 Å². The number of nitrogens with two attached hydrogens (primary N) is 1. The second-order valence-electron chi connectivity index (χ2n) is 5.61. The van der Waals surface area contributed by atoms with Gasteiger partial charge in [-0.2, -0.15) is 9.61 Å². The van der Waals surface area contributed by atoms with Crippen LogP contribution in [0.25, 0.3) is 15.5 Å². The monoisotopic (exact) mass is 291 g/mol. The number of aromatic nitrogens is 4. The first-order valence-electron chi connectivity index (χ1n) is 6.14. The highest BCUT2D eigenvalue weighted by Crippen LogP contribution is 2.31. The molecule has 3 aromatic rings. The van der Waals surface area contributed by atoms with Crippen molar-refractivity contribution in [3.8, 4) is 10.6 Å². The molecule has 0 unspecified atom stereocenters. The maximum Gasteiger partial charge on any atom is 0.235 e. The third kappa shape index (κ3) is 2.03. The lowest BCUT2D eigenvalue weighted by Crippen LogP contribution is -2.16. The molecule has 20 heavy (non-hydrogen) atoms. The van der Waals surface area contributed by atoms with Gasteiger partial charge in [0, 0.05) is 11.1 Å². The van der Waals surface area contributed by atoms with Crippen LogP contribution < -0.4 is 5.73 Å². The molecule has 104 valence electrons. The Morgan fingerprint density at radius 2 is 2.00 bits per heavy atom. The molecule has 2 N–H and O–H groups in total. The summed E-state index contributed by atoms with van der Waals surface area (Å²) in [6.45, 7) is 6.09. The predicted octanol–water partition coefficient (Wildman–Crippen LogP) is 2.87. The Morgan fingerprint density at radius 1 is 1.25 bits per heavy atom. The molecule has 0 fully saturated rings. The summed E-state index contributed by atoms with van der Waals surface area (Å²) < 4.78 is 15.6. The first kappa shape index (κ1) is 13.0. The summed E-state index contributed by atoms with van der Waals surface area (Å²) in [6.07, 6.45) is 0. The second kappa shape index (κ2) is 4.24. The molecular weight excluding hydrogens is 277 g/mol. The molecule has 7 heteroatoms. The molecule has 0 amide bonds. The highest BCUT2D eigenvalue weighted by molar-refractivity contribution is 7.19. The van der Waals surface area contributed by atoms with Crippen molar-refractivity contribution in [2.45, 2.75) is 26.2 Å². The third-order valence-electron chi connectivity index (χ3n) is 2.88. The van der Waals surface area contributed by atoms with Gasteiger partial charge in [-0.1, -0.05) is 32.1 Å². The van der Waals surface area contributed by atoms with Crippen LogP contribution >= 0.6 is 11.3 Å². The number of hydrogen-bond donors (Lipinski definition) is 1. The molecule has 0 aliphatic heterocycles. The molecule has 0 saturated heterocycles. The fourth-order valence-electron chi connectivity index (χ4n) is 1.90. The molecule has 0 spiro atoms. The summed E-state index contributed by atoms with van der Waals surface area (Å²) in [5.41, 5.74) is 6.42. The fraction of sp³-hybridized carbons (Fsp3) is 0.308. The van der Waals surface area contributed by atoms with E-state index in [9.17, 15) is 4.39 Å². The summed E-state index contributed by atoms with van der Waals surface area (Å²) in [5.74, 6) is 0.404. The summed E-state index contributed by atoms with van der Waals surface area (Å²) >= 11 is 1.29. The standard InChI is InChI=1S/C13H14FN5S/c1-13(2,3)11-16-17-12-19(11)18-10(20-12)8-6-7(15)4-5-9(8)14/h4-6H,15H2,1-3H3. The zero-order valence-electron chi connectivity index (χ0n) is 11.4. The van der Waals surface area contributed by atoms with Gasteiger partial charge in [0.05, 0.1) is 5.56 Å². The molecule has 2 aromatic heterocycles. The predicted molar refractivity (Wildman–Crippen MR) is 77.2 cm³/mol. The van der Waals surface area contributed by atoms with E-state index >= 15 is 0 Å². The Morgan fingerprint density at radius 3 is 2.70 bits per heavy atom. The van der Waals surface area contributed by atoms with Crippen molar-refractivity contribution in [1.29, 1.82) is 0 Å². The van der Waals surface area contributed by atoms with Crippen LogP contribution in [0.15, 0.2) is 18.2 Å². The molecule has 1 aromatic carbocycles. The Kier molecular flexibility index (Phi) is 2.75. The van der Waals surface area contributed by atoms with Crippen LogP contribution in [-0.4, -0.2) is 19.8 Å². The van der Waals surface area contributed by atoms with E-state index in [-0.39, 0.29) is 11.2 Å². The quantitative estimate of drug-likeness (QED) is 0.700. The normalized spacial score (nSPS) is 12.2. The van der Waals surface area contributed by atoms with Crippen LogP contribution in [0.5, 0.6) is 0 Å². The van der Waals surface area contributed by atoms with Gasteiger partial charge in [-0.25, -0.2) is 4.39 Å². The zero-order valence-corrected chi connectivity index (χ0v) is 12.2. The number of benzene rings is 1. The summed E-state index contributed by atoms with van der Waals surface area (Å²) in [6, 6.07) is 4.45. The van der Waals surface area contributed by atoms with Crippen molar-refractivity contribution < 1.29 is 4.39 Å². The highest BCUT2D eigenvalue weighted by atomic mass is 32.1. The fourth-order valence-corrected chi connectivity index (χ4v) is 2.76. The van der Waals surface area contributed by atoms with Crippen LogP contribution in [0.3, 0.4) is 0 Å². The summed E-state index contributed by atoms with van der Waals surface area (Å²) in [5, 5.41) is 13.2. The average molecular weight is 291 g/mol. The zero-order chi connectivity index (χ0) is 14.5. The van der Waals surface area contributed by atoms with Crippen LogP contribution in [-0.2, 0) is 5.41 Å². The van der Waals surface area contributed by atoms with Gasteiger partial charge in [0.2, 0.25) is 4.96 Å². The minimum absolute atomic E-state index is 0.182. The van der Waals surface area contributed by atoms with E-state index in [0.29, 0.717) is 21.2 Å². The summed E-state index contributed by atoms with van der Waals surface area (Å²) in [7, 11) is 0. The summed E-state index contributed by atoms with van der Waals surface area (Å²) in [4.78, 5) is 0.645. The number of anilines is 1. The van der Waals surface area contributed by atoms with Gasteiger partial charge in [0.15, 0.2) is 10.8 Å². The van der Waals surface area contributed by atoms with Crippen molar-refractivity contribution in [1.82, 2.24) is 19.8 Å². The van der Waals surface area contributed by atoms with Crippen molar-refractivity contribution in [3.05, 3.63) is 29.8 Å². The molecule has 0 bridgehead atoms. The smallest absolute Gasteiger partial charge is 0.235 e. The number of rotatable bonds is 1. The van der Waals surface area contributed by atoms with E-state index in [2.05, 4.69) is 15.3 Å². The second-order valence-corrected chi connectivity index (χ2v) is 6.57. The third-order valence-corrected chi connectivity index (χ3v) is 3.81. The van der Waals surface area contributed by atoms with Crippen molar-refractivity contribution in [3.63, 3.8) is 0 Å². The molecule has 2 heterocycles. The minimum atomic E-state index is -0.346. The van der Waals surface area contributed by atoms with Gasteiger partial charge in [-0.3, -0.25) is 0 Å². The molecule has 0 radical (unpaired) electrons. The molecule has 0 atom stereocenters. The maximum absolute atomic E-state index is 13.9. The SMILES string of the molecule is CC(C)(C)c1nnc2sc(-c3cc(N)ccc3F)nn12. The van der Waals surface area contributed by atoms with E-state index in [4.69, 9.17) is 5.73 Å². The number of nitrogens with zero attached hydrogens (tertiary/aromatic N) is 4. The van der Waals surface area contributed by atoms with Crippen molar-refractivity contribution in [2.24, 2.45) is 0 Å². The molecule has 0 aliphatic carbocycles. The molecule has 5 nitrogen and oxygen atoms in total. The van der Waals surface area contributed by atoms with Gasteiger partial charge in [0.25, 0.3) is 0 Å².